The first-order valence-electron chi connectivity index (χ1n) is 15.6. The van der Waals surface area contributed by atoms with Gasteiger partial charge in [0.15, 0.2) is 17.4 Å². The summed E-state index contributed by atoms with van der Waals surface area (Å²) in [7, 11) is 0. The number of nitrogens with one attached hydrogen (secondary N) is 2. The number of carbonyl (C=O) groups excluding carboxylic acids is 5. The van der Waals surface area contributed by atoms with Crippen molar-refractivity contribution in [2.45, 2.75) is 124 Å². The summed E-state index contributed by atoms with van der Waals surface area (Å²) in [5.74, 6) is -3.03. The number of carbonyl (C=O) groups is 5. The number of imide groups is 1. The molecule has 252 valence electrons. The second-order valence-electron chi connectivity index (χ2n) is 13.0. The molecule has 0 bridgehead atoms. The number of aryl methyl sites for hydroxylation is 1. The Morgan fingerprint density at radius 3 is 2.13 bits per heavy atom. The number of nitrogens with zero attached hydrogens (tertiary/aromatic N) is 1. The number of benzene rings is 1. The van der Waals surface area contributed by atoms with Gasteiger partial charge >= 0.3 is 53.4 Å². The Morgan fingerprint density at radius 1 is 1.04 bits per heavy atom. The number of rotatable bonds is 18. The SMILES string of the molecule is CCCCCCCCCCC(CNS(=O)[O-])OC(=O)c1ccc(NC(=O)C(C(=O)C(C)(C)C)N2C(=O)OC(C)(C)C2=O)c(C)c1.[Pr+3]. The van der Waals surface area contributed by atoms with Crippen LogP contribution in [0.5, 0.6) is 0 Å². The van der Waals surface area contributed by atoms with Crippen LogP contribution in [0.25, 0.3) is 0 Å². The molecule has 0 spiro atoms. The third kappa shape index (κ3) is 12.7. The minimum Gasteiger partial charge on any atom is -0.760 e. The number of Topliss-reactive ketones (excluding diaryl/α,β-unsaturated/α-hetero) is 1. The minimum atomic E-state index is -2.50. The molecule has 1 aromatic rings. The summed E-state index contributed by atoms with van der Waals surface area (Å²) >= 11 is -2.50. The summed E-state index contributed by atoms with van der Waals surface area (Å²) in [6.45, 7) is 11.2. The van der Waals surface area contributed by atoms with Gasteiger partial charge in [-0.25, -0.2) is 19.2 Å². The van der Waals surface area contributed by atoms with Crippen LogP contribution < -0.4 is 10.0 Å². The molecule has 12 nitrogen and oxygen atoms in total. The summed E-state index contributed by atoms with van der Waals surface area (Å²) in [6.07, 6.45) is 7.50. The number of anilines is 1. The third-order valence-corrected chi connectivity index (χ3v) is 7.97. The number of ketones is 1. The Hall–Kier alpha value is -1.80. The summed E-state index contributed by atoms with van der Waals surface area (Å²) in [6, 6.07) is 2.60. The van der Waals surface area contributed by atoms with E-state index in [0.29, 0.717) is 16.9 Å². The Bertz CT molecular complexity index is 1270. The fourth-order valence-electron chi connectivity index (χ4n) is 4.89. The molecule has 1 aromatic carbocycles. The average Bonchev–Trinajstić information content (AvgIpc) is 3.14. The first-order valence-corrected chi connectivity index (χ1v) is 16.6. The monoisotopic (exact) mass is 791 g/mol. The molecule has 14 heteroatoms. The first-order chi connectivity index (χ1) is 21.0. The van der Waals surface area contributed by atoms with E-state index in [9.17, 15) is 32.7 Å². The number of esters is 1. The number of hydrogen-bond acceptors (Lipinski definition) is 9. The normalized spacial score (nSPS) is 16.2. The molecule has 0 aromatic heterocycles. The molecule has 1 aliphatic heterocycles. The zero-order chi connectivity index (χ0) is 33.9. The van der Waals surface area contributed by atoms with Crippen molar-refractivity contribution in [2.24, 2.45) is 5.41 Å². The molecule has 1 fully saturated rings. The predicted molar refractivity (Wildman–Crippen MR) is 169 cm³/mol. The van der Waals surface area contributed by atoms with Gasteiger partial charge in [-0.2, -0.15) is 0 Å². The van der Waals surface area contributed by atoms with Gasteiger partial charge in [0.1, 0.15) is 6.10 Å². The van der Waals surface area contributed by atoms with Crippen LogP contribution in [0.1, 0.15) is 115 Å². The Labute approximate surface area is 308 Å². The standard InChI is InChI=1S/C32H49N3O9S.Pr/c1-8-9-10-11-12-13-14-15-16-23(20-33-45(41)42)43-28(38)22-17-18-24(21(2)19-22)34-27(37)25(26(36)31(3,4)5)35-29(39)32(6,7)44-30(35)40;/h17-19,23,25,33H,8-16,20H2,1-7H3,(H,34,37)(H,41,42);/q;+3/p-1. The number of ether oxygens (including phenoxy) is 2. The summed E-state index contributed by atoms with van der Waals surface area (Å²) in [4.78, 5) is 65.9. The van der Waals surface area contributed by atoms with Crippen LogP contribution in [0.2, 0.25) is 0 Å². The summed E-state index contributed by atoms with van der Waals surface area (Å²) in [5, 5.41) is 2.61. The van der Waals surface area contributed by atoms with E-state index in [2.05, 4.69) is 17.0 Å². The van der Waals surface area contributed by atoms with Crippen molar-refractivity contribution in [3.05, 3.63) is 29.3 Å². The van der Waals surface area contributed by atoms with Gasteiger partial charge in [0, 0.05) is 28.9 Å². The van der Waals surface area contributed by atoms with Crippen LogP contribution in [-0.2, 0) is 35.1 Å². The Balaban J connectivity index is 0.0000106. The van der Waals surface area contributed by atoms with Crippen molar-refractivity contribution in [3.63, 3.8) is 0 Å². The van der Waals surface area contributed by atoms with Crippen LogP contribution in [0.15, 0.2) is 18.2 Å². The van der Waals surface area contributed by atoms with E-state index in [1.54, 1.807) is 27.7 Å². The molecule has 2 N–H and O–H groups in total. The van der Waals surface area contributed by atoms with Crippen molar-refractivity contribution in [1.29, 1.82) is 0 Å². The minimum absolute atomic E-state index is 0. The van der Waals surface area contributed by atoms with E-state index >= 15 is 0 Å². The van der Waals surface area contributed by atoms with E-state index < -0.39 is 64.1 Å². The van der Waals surface area contributed by atoms with Gasteiger partial charge in [-0.05, 0) is 57.4 Å². The molecule has 0 aliphatic carbocycles. The summed E-state index contributed by atoms with van der Waals surface area (Å²) < 4.78 is 35.2. The second-order valence-corrected chi connectivity index (χ2v) is 13.7. The van der Waals surface area contributed by atoms with Crippen molar-refractivity contribution in [2.75, 3.05) is 11.9 Å². The molecule has 3 amide bonds. The van der Waals surface area contributed by atoms with Crippen LogP contribution >= 0.6 is 0 Å². The smallest absolute Gasteiger partial charge is 0.760 e. The molecule has 1 heterocycles. The number of unbranched alkanes of at least 4 members (excludes halogenated alkanes) is 7. The molecule has 0 saturated carbocycles. The summed E-state index contributed by atoms with van der Waals surface area (Å²) in [5.41, 5.74) is -1.72. The van der Waals surface area contributed by atoms with Crippen LogP contribution in [0.4, 0.5) is 10.5 Å². The average molecular weight is 792 g/mol. The first kappa shape index (κ1) is 42.2. The largest absolute Gasteiger partial charge is 3.00 e. The van der Waals surface area contributed by atoms with Crippen molar-refractivity contribution in [3.8, 4) is 0 Å². The fraction of sp³-hybridized carbons (Fsp3) is 0.656. The molecule has 1 aliphatic rings. The van der Waals surface area contributed by atoms with Gasteiger partial charge in [0.05, 0.1) is 5.56 Å². The maximum Gasteiger partial charge on any atom is 3.00 e. The molecular weight excluding hydrogens is 743 g/mol. The molecule has 3 atom stereocenters. The second kappa shape index (κ2) is 19.3. The van der Waals surface area contributed by atoms with Crippen molar-refractivity contribution < 1.29 is 83.5 Å². The molecule has 1 saturated heterocycles. The van der Waals surface area contributed by atoms with Gasteiger partial charge in [-0.3, -0.25) is 18.6 Å². The predicted octanol–water partition coefficient (Wildman–Crippen LogP) is 5.11. The molecule has 46 heavy (non-hydrogen) atoms. The number of cyclic esters (lactones) is 1. The zero-order valence-electron chi connectivity index (χ0n) is 28.1. The van der Waals surface area contributed by atoms with Gasteiger partial charge in [0.2, 0.25) is 0 Å². The van der Waals surface area contributed by atoms with E-state index in [0.717, 1.165) is 25.7 Å². The maximum absolute atomic E-state index is 13.5. The third-order valence-electron chi connectivity index (χ3n) is 7.57. The van der Waals surface area contributed by atoms with Crippen molar-refractivity contribution in [1.82, 2.24) is 9.62 Å². The Morgan fingerprint density at radius 2 is 1.63 bits per heavy atom. The number of amides is 3. The van der Waals surface area contributed by atoms with E-state index in [1.165, 1.54) is 57.7 Å². The van der Waals surface area contributed by atoms with Gasteiger partial charge in [-0.1, -0.05) is 72.6 Å². The zero-order valence-corrected chi connectivity index (χ0v) is 32.6. The molecule has 2 rings (SSSR count). The van der Waals surface area contributed by atoms with Crippen LogP contribution in [-0.4, -0.2) is 67.6 Å². The topological polar surface area (TPSA) is 171 Å². The van der Waals surface area contributed by atoms with Gasteiger partial charge in [0.25, 0.3) is 11.8 Å². The quantitative estimate of drug-likeness (QED) is 0.0887. The molecule has 0 radical (unpaired) electrons. The van der Waals surface area contributed by atoms with Crippen LogP contribution in [0.3, 0.4) is 0 Å². The van der Waals surface area contributed by atoms with Crippen molar-refractivity contribution >= 4 is 46.6 Å². The van der Waals surface area contributed by atoms with E-state index in [-0.39, 0.29) is 59.1 Å². The van der Waals surface area contributed by atoms with E-state index in [1.807, 2.05) is 0 Å². The van der Waals surface area contributed by atoms with E-state index in [4.69, 9.17) is 9.47 Å². The van der Waals surface area contributed by atoms with Gasteiger partial charge < -0.3 is 19.3 Å². The van der Waals surface area contributed by atoms with Crippen LogP contribution in [0, 0.1) is 53.6 Å². The molecular formula is C32H48N3O9PrS+2. The van der Waals surface area contributed by atoms with Gasteiger partial charge in [-0.15, -0.1) is 0 Å². The fourth-order valence-corrected chi connectivity index (χ4v) is 5.21. The Kier molecular flexibility index (Phi) is 17.7. The number of hydrogen-bond donors (Lipinski definition) is 2. The molecule has 3 unspecified atom stereocenters. The maximum atomic E-state index is 13.5.